The molecule has 1 aromatic carbocycles. The van der Waals surface area contributed by atoms with Crippen LogP contribution in [0, 0.1) is 0 Å². The van der Waals surface area contributed by atoms with E-state index in [4.69, 9.17) is 5.73 Å². The summed E-state index contributed by atoms with van der Waals surface area (Å²) in [5.74, 6) is -0.445. The molecule has 4 heteroatoms. The van der Waals surface area contributed by atoms with Crippen LogP contribution >= 0.6 is 0 Å². The van der Waals surface area contributed by atoms with Gasteiger partial charge in [-0.05, 0) is 24.8 Å². The number of benzene rings is 1. The van der Waals surface area contributed by atoms with Gasteiger partial charge in [-0.25, -0.2) is 0 Å². The third kappa shape index (κ3) is 2.89. The molecule has 4 nitrogen and oxygen atoms in total. The first-order valence-electron chi connectivity index (χ1n) is 6.40. The molecular weight excluding hydrogens is 228 g/mol. The van der Waals surface area contributed by atoms with Crippen molar-refractivity contribution >= 4 is 5.91 Å². The van der Waals surface area contributed by atoms with E-state index in [-0.39, 0.29) is 18.4 Å². The van der Waals surface area contributed by atoms with E-state index in [2.05, 4.69) is 5.32 Å². The summed E-state index contributed by atoms with van der Waals surface area (Å²) in [5.41, 5.74) is 5.89. The van der Waals surface area contributed by atoms with Crippen LogP contribution in [0.25, 0.3) is 0 Å². The first-order valence-corrected chi connectivity index (χ1v) is 6.40. The number of carbonyl (C=O) groups is 1. The molecule has 1 aliphatic carbocycles. The highest BCUT2D eigenvalue weighted by atomic mass is 16.3. The molecule has 1 atom stereocenters. The van der Waals surface area contributed by atoms with Crippen molar-refractivity contribution < 1.29 is 9.90 Å². The molecule has 0 spiro atoms. The van der Waals surface area contributed by atoms with Gasteiger partial charge in [0.05, 0.1) is 11.5 Å². The second-order valence-electron chi connectivity index (χ2n) is 4.99. The van der Waals surface area contributed by atoms with Gasteiger partial charge in [0.1, 0.15) is 0 Å². The molecule has 2 rings (SSSR count). The Morgan fingerprint density at radius 1 is 1.39 bits per heavy atom. The highest BCUT2D eigenvalue weighted by molar-refractivity contribution is 5.84. The number of amides is 1. The van der Waals surface area contributed by atoms with E-state index < -0.39 is 5.60 Å². The Kier molecular flexibility index (Phi) is 3.99. The maximum Gasteiger partial charge on any atom is 0.228 e. The van der Waals surface area contributed by atoms with Gasteiger partial charge in [0.2, 0.25) is 5.91 Å². The van der Waals surface area contributed by atoms with Crippen molar-refractivity contribution in [1.29, 1.82) is 0 Å². The van der Waals surface area contributed by atoms with Crippen LogP contribution in [-0.2, 0) is 4.79 Å². The van der Waals surface area contributed by atoms with Crippen LogP contribution in [0.3, 0.4) is 0 Å². The van der Waals surface area contributed by atoms with E-state index in [9.17, 15) is 9.90 Å². The van der Waals surface area contributed by atoms with Gasteiger partial charge in [-0.1, -0.05) is 30.3 Å². The summed E-state index contributed by atoms with van der Waals surface area (Å²) in [5, 5.41) is 12.7. The number of nitrogens with two attached hydrogens (primary N) is 1. The summed E-state index contributed by atoms with van der Waals surface area (Å²) in [6.07, 6.45) is 2.57. The van der Waals surface area contributed by atoms with Crippen molar-refractivity contribution in [2.24, 2.45) is 5.73 Å². The van der Waals surface area contributed by atoms with Gasteiger partial charge in [0, 0.05) is 13.1 Å². The maximum atomic E-state index is 12.1. The molecule has 0 heterocycles. The third-order valence-corrected chi connectivity index (χ3v) is 3.63. The zero-order chi connectivity index (χ0) is 13.0. The van der Waals surface area contributed by atoms with Crippen molar-refractivity contribution in [2.75, 3.05) is 13.1 Å². The highest BCUT2D eigenvalue weighted by Crippen LogP contribution is 2.30. The topological polar surface area (TPSA) is 75.4 Å². The van der Waals surface area contributed by atoms with Crippen LogP contribution in [0.1, 0.15) is 30.7 Å². The Bertz CT molecular complexity index is 402. The van der Waals surface area contributed by atoms with E-state index in [1.165, 1.54) is 0 Å². The summed E-state index contributed by atoms with van der Waals surface area (Å²) >= 11 is 0. The average molecular weight is 248 g/mol. The standard InChI is InChI=1S/C14H20N2O2/c15-9-12(11-5-2-1-3-6-11)13(17)16-10-14(18)7-4-8-14/h1-3,5-6,12,18H,4,7-10,15H2,(H,16,17). The molecule has 1 fully saturated rings. The lowest BCUT2D eigenvalue weighted by Gasteiger charge is -2.36. The molecule has 18 heavy (non-hydrogen) atoms. The van der Waals surface area contributed by atoms with E-state index in [1.54, 1.807) is 0 Å². The first-order chi connectivity index (χ1) is 8.64. The second-order valence-corrected chi connectivity index (χ2v) is 4.99. The van der Waals surface area contributed by atoms with Gasteiger partial charge >= 0.3 is 0 Å². The molecule has 98 valence electrons. The van der Waals surface area contributed by atoms with Crippen molar-refractivity contribution in [1.82, 2.24) is 5.32 Å². The van der Waals surface area contributed by atoms with Crippen LogP contribution in [0.2, 0.25) is 0 Å². The summed E-state index contributed by atoms with van der Waals surface area (Å²) in [7, 11) is 0. The molecule has 0 aliphatic heterocycles. The molecule has 1 saturated carbocycles. The van der Waals surface area contributed by atoms with Crippen LogP contribution in [0.15, 0.2) is 30.3 Å². The highest BCUT2D eigenvalue weighted by Gasteiger charge is 2.35. The van der Waals surface area contributed by atoms with Crippen molar-refractivity contribution in [3.05, 3.63) is 35.9 Å². The number of rotatable bonds is 5. The predicted molar refractivity (Wildman–Crippen MR) is 70.0 cm³/mol. The Hall–Kier alpha value is -1.39. The molecule has 1 aromatic rings. The summed E-state index contributed by atoms with van der Waals surface area (Å²) in [4.78, 5) is 12.1. The fourth-order valence-corrected chi connectivity index (χ4v) is 2.22. The van der Waals surface area contributed by atoms with E-state index >= 15 is 0 Å². The van der Waals surface area contributed by atoms with Crippen molar-refractivity contribution in [3.63, 3.8) is 0 Å². The molecule has 1 unspecified atom stereocenters. The van der Waals surface area contributed by atoms with Crippen LogP contribution in [-0.4, -0.2) is 29.7 Å². The number of aliphatic hydroxyl groups is 1. The maximum absolute atomic E-state index is 12.1. The molecule has 4 N–H and O–H groups in total. The SMILES string of the molecule is NCC(C(=O)NCC1(O)CCC1)c1ccccc1. The lowest BCUT2D eigenvalue weighted by atomic mass is 9.80. The average Bonchev–Trinajstić information content (AvgIpc) is 2.36. The number of carbonyl (C=O) groups excluding carboxylic acids is 1. The number of hydrogen-bond acceptors (Lipinski definition) is 3. The Morgan fingerprint density at radius 3 is 2.56 bits per heavy atom. The minimum atomic E-state index is -0.689. The molecule has 0 bridgehead atoms. The predicted octanol–water partition coefficient (Wildman–Crippen LogP) is 0.760. The number of hydrogen-bond donors (Lipinski definition) is 3. The minimum Gasteiger partial charge on any atom is -0.388 e. The summed E-state index contributed by atoms with van der Waals surface area (Å²) < 4.78 is 0. The van der Waals surface area contributed by atoms with Crippen LogP contribution in [0.5, 0.6) is 0 Å². The van der Waals surface area contributed by atoms with E-state index in [1.807, 2.05) is 30.3 Å². The van der Waals surface area contributed by atoms with E-state index in [0.29, 0.717) is 6.54 Å². The van der Waals surface area contributed by atoms with Crippen LogP contribution in [0.4, 0.5) is 0 Å². The van der Waals surface area contributed by atoms with Crippen molar-refractivity contribution in [3.8, 4) is 0 Å². The molecular formula is C14H20N2O2. The molecule has 0 radical (unpaired) electrons. The van der Waals surface area contributed by atoms with Gasteiger partial charge in [-0.3, -0.25) is 4.79 Å². The van der Waals surface area contributed by atoms with Crippen molar-refractivity contribution in [2.45, 2.75) is 30.8 Å². The third-order valence-electron chi connectivity index (χ3n) is 3.63. The first kappa shape index (κ1) is 13.1. The second kappa shape index (κ2) is 5.50. The normalized spacial score (nSPS) is 18.8. The largest absolute Gasteiger partial charge is 0.388 e. The molecule has 1 amide bonds. The van der Waals surface area contributed by atoms with Gasteiger partial charge < -0.3 is 16.2 Å². The fourth-order valence-electron chi connectivity index (χ4n) is 2.22. The Morgan fingerprint density at radius 2 is 2.06 bits per heavy atom. The lowest BCUT2D eigenvalue weighted by Crippen LogP contribution is -2.49. The smallest absolute Gasteiger partial charge is 0.228 e. The van der Waals surface area contributed by atoms with E-state index in [0.717, 1.165) is 24.8 Å². The molecule has 0 aromatic heterocycles. The Labute approximate surface area is 107 Å². The zero-order valence-corrected chi connectivity index (χ0v) is 10.4. The Balaban J connectivity index is 1.94. The van der Waals surface area contributed by atoms with Gasteiger partial charge in [0.25, 0.3) is 0 Å². The van der Waals surface area contributed by atoms with Gasteiger partial charge in [-0.2, -0.15) is 0 Å². The molecule has 0 saturated heterocycles. The molecule has 1 aliphatic rings. The number of nitrogens with one attached hydrogen (secondary N) is 1. The summed E-state index contributed by atoms with van der Waals surface area (Å²) in [6.45, 7) is 0.601. The van der Waals surface area contributed by atoms with Crippen LogP contribution < -0.4 is 11.1 Å². The minimum absolute atomic E-state index is 0.107. The van der Waals surface area contributed by atoms with Gasteiger partial charge in [-0.15, -0.1) is 0 Å². The summed E-state index contributed by atoms with van der Waals surface area (Å²) in [6, 6.07) is 9.49. The quantitative estimate of drug-likeness (QED) is 0.720. The zero-order valence-electron chi connectivity index (χ0n) is 10.4. The monoisotopic (exact) mass is 248 g/mol. The van der Waals surface area contributed by atoms with Gasteiger partial charge in [0.15, 0.2) is 0 Å². The fraction of sp³-hybridized carbons (Fsp3) is 0.500. The lowest BCUT2D eigenvalue weighted by molar-refractivity contribution is -0.124.